The third-order valence-corrected chi connectivity index (χ3v) is 0.702. The summed E-state index contributed by atoms with van der Waals surface area (Å²) < 4.78 is 0. The molecule has 0 aromatic rings. The smallest absolute Gasteiger partial charge is 0.225 e. The molecule has 0 saturated carbocycles. The highest BCUT2D eigenvalue weighted by atomic mass is 16.1. The topological polar surface area (TPSA) is 17.1 Å². The molecule has 0 aliphatic rings. The van der Waals surface area contributed by atoms with E-state index in [-0.39, 0.29) is 0 Å². The van der Waals surface area contributed by atoms with Crippen molar-refractivity contribution in [3.05, 3.63) is 24.5 Å². The summed E-state index contributed by atoms with van der Waals surface area (Å²) in [6, 6.07) is 0. The fourth-order valence-electron chi connectivity index (χ4n) is 0.344. The first-order valence-electron chi connectivity index (χ1n) is 2.61. The first kappa shape index (κ1) is 7.28. The standard InChI is InChI=1S/C5H8B2O/c1-2-6-3-4-7-5-8/h2-7H,1H2/b4-3+. The summed E-state index contributed by atoms with van der Waals surface area (Å²) in [6.45, 7) is 3.52. The Balaban J connectivity index is 3.06. The molecule has 0 aromatic carbocycles. The van der Waals surface area contributed by atoms with E-state index in [0.29, 0.717) is 7.28 Å². The third kappa shape index (κ3) is 5.28. The lowest BCUT2D eigenvalue weighted by Gasteiger charge is -1.70. The van der Waals surface area contributed by atoms with E-state index in [1.807, 2.05) is 12.0 Å². The molecule has 3 heteroatoms. The Kier molecular flexibility index (Phi) is 5.71. The largest absolute Gasteiger partial charge is 0.315 e. The maximum Gasteiger partial charge on any atom is 0.225 e. The summed E-state index contributed by atoms with van der Waals surface area (Å²) in [5.74, 6) is 5.54. The minimum atomic E-state index is 0.522. The van der Waals surface area contributed by atoms with Crippen molar-refractivity contribution in [2.45, 2.75) is 0 Å². The molecule has 0 N–H and O–H groups in total. The summed E-state index contributed by atoms with van der Waals surface area (Å²) in [5, 5.41) is 0. The van der Waals surface area contributed by atoms with Crippen LogP contribution in [-0.2, 0) is 4.79 Å². The van der Waals surface area contributed by atoms with Gasteiger partial charge in [0, 0.05) is 0 Å². The number of carbonyl (C=O) groups is 1. The fourth-order valence-corrected chi connectivity index (χ4v) is 0.344. The molecule has 0 radical (unpaired) electrons. The van der Waals surface area contributed by atoms with E-state index >= 15 is 0 Å². The molecule has 0 rings (SSSR count). The van der Waals surface area contributed by atoms with Crippen molar-refractivity contribution in [2.24, 2.45) is 0 Å². The van der Waals surface area contributed by atoms with Crippen molar-refractivity contribution in [2.75, 3.05) is 0 Å². The van der Waals surface area contributed by atoms with Crippen molar-refractivity contribution in [1.82, 2.24) is 0 Å². The quantitative estimate of drug-likeness (QED) is 0.354. The zero-order valence-corrected chi connectivity index (χ0v) is 4.84. The molecular weight excluding hydrogens is 97.7 g/mol. The lowest BCUT2D eigenvalue weighted by Crippen LogP contribution is -1.85. The van der Waals surface area contributed by atoms with Gasteiger partial charge in [0.15, 0.2) is 7.28 Å². The second-order valence-electron chi connectivity index (χ2n) is 1.40. The predicted octanol–water partition coefficient (Wildman–Crippen LogP) is -0.336. The monoisotopic (exact) mass is 106 g/mol. The molecule has 40 valence electrons. The summed E-state index contributed by atoms with van der Waals surface area (Å²) in [6.07, 6.45) is 0.875. The first-order valence-corrected chi connectivity index (χ1v) is 2.61. The zero-order chi connectivity index (χ0) is 6.24. The molecule has 0 atom stereocenters. The van der Waals surface area contributed by atoms with Gasteiger partial charge < -0.3 is 4.79 Å². The van der Waals surface area contributed by atoms with E-state index in [9.17, 15) is 4.79 Å². The maximum atomic E-state index is 9.69. The summed E-state index contributed by atoms with van der Waals surface area (Å²) in [4.78, 5) is 9.69. The van der Waals surface area contributed by atoms with Crippen molar-refractivity contribution >= 4 is 20.7 Å². The molecular formula is C5H8B2O. The van der Waals surface area contributed by atoms with Crippen LogP contribution in [0.25, 0.3) is 0 Å². The van der Waals surface area contributed by atoms with Gasteiger partial charge in [0.25, 0.3) is 0 Å². The fraction of sp³-hybridized carbons (Fsp3) is 0. The van der Waals surface area contributed by atoms with Gasteiger partial charge in [-0.2, -0.15) is 0 Å². The second-order valence-corrected chi connectivity index (χ2v) is 1.40. The van der Waals surface area contributed by atoms with Crippen LogP contribution in [0, 0.1) is 0 Å². The van der Waals surface area contributed by atoms with E-state index in [1.165, 1.54) is 0 Å². The van der Waals surface area contributed by atoms with Gasteiger partial charge in [-0.3, -0.25) is 0 Å². The number of hydrogen-bond donors (Lipinski definition) is 0. The van der Waals surface area contributed by atoms with Gasteiger partial charge in [-0.25, -0.2) is 0 Å². The Morgan fingerprint density at radius 1 is 1.25 bits per heavy atom. The third-order valence-electron chi connectivity index (χ3n) is 0.702. The molecule has 0 heterocycles. The van der Waals surface area contributed by atoms with Crippen molar-refractivity contribution in [3.63, 3.8) is 0 Å². The highest BCUT2D eigenvalue weighted by Crippen LogP contribution is 1.65. The summed E-state index contributed by atoms with van der Waals surface area (Å²) in [5.41, 5.74) is 0. The van der Waals surface area contributed by atoms with Gasteiger partial charge in [-0.1, -0.05) is 0 Å². The van der Waals surface area contributed by atoms with Gasteiger partial charge in [0.1, 0.15) is 0 Å². The lowest BCUT2D eigenvalue weighted by molar-refractivity contribution is 0.568. The van der Waals surface area contributed by atoms with Crippen LogP contribution in [0.4, 0.5) is 0 Å². The minimum Gasteiger partial charge on any atom is -0.315 e. The predicted molar refractivity (Wildman–Crippen MR) is 40.4 cm³/mol. The molecule has 0 aromatic heterocycles. The van der Waals surface area contributed by atoms with Crippen molar-refractivity contribution < 1.29 is 4.79 Å². The normalized spacial score (nSPS) is 8.50. The maximum absolute atomic E-state index is 9.69. The lowest BCUT2D eigenvalue weighted by atomic mass is 9.72. The molecule has 0 unspecified atom stereocenters. The van der Waals surface area contributed by atoms with Crippen LogP contribution in [0.1, 0.15) is 0 Å². The number of hydrogen-bond acceptors (Lipinski definition) is 1. The van der Waals surface area contributed by atoms with Gasteiger partial charge >= 0.3 is 0 Å². The Hall–Kier alpha value is -0.720. The molecule has 0 aliphatic carbocycles. The molecule has 1 nitrogen and oxygen atoms in total. The van der Waals surface area contributed by atoms with Crippen molar-refractivity contribution in [3.8, 4) is 0 Å². The average molecular weight is 106 g/mol. The molecule has 0 aliphatic heterocycles. The molecule has 0 saturated heterocycles. The Bertz CT molecular complexity index is 86.6. The number of carbonyl (C=O) groups excluding carboxylic acids is 1. The highest BCUT2D eigenvalue weighted by Gasteiger charge is 1.74. The van der Waals surface area contributed by atoms with Gasteiger partial charge in [0.2, 0.25) is 7.28 Å². The molecule has 0 amide bonds. The Morgan fingerprint density at radius 3 is 2.38 bits per heavy atom. The first-order chi connectivity index (χ1) is 3.91. The molecule has 8 heavy (non-hydrogen) atoms. The van der Waals surface area contributed by atoms with Crippen molar-refractivity contribution in [1.29, 1.82) is 0 Å². The van der Waals surface area contributed by atoms with Crippen LogP contribution < -0.4 is 0 Å². The van der Waals surface area contributed by atoms with Gasteiger partial charge in [0.05, 0.1) is 6.19 Å². The highest BCUT2D eigenvalue weighted by molar-refractivity contribution is 6.72. The molecule has 0 fully saturated rings. The Labute approximate surface area is 51.0 Å². The SMILES string of the molecule is C=CB/C=C/BC=O. The van der Waals surface area contributed by atoms with E-state index < -0.39 is 0 Å². The van der Waals surface area contributed by atoms with Crippen LogP contribution in [0.3, 0.4) is 0 Å². The van der Waals surface area contributed by atoms with Crippen LogP contribution in [0.2, 0.25) is 0 Å². The minimum absolute atomic E-state index is 0.522. The Morgan fingerprint density at radius 2 is 1.88 bits per heavy atom. The van der Waals surface area contributed by atoms with E-state index in [2.05, 4.69) is 6.58 Å². The van der Waals surface area contributed by atoms with E-state index in [0.717, 1.165) is 13.5 Å². The van der Waals surface area contributed by atoms with E-state index in [1.54, 1.807) is 5.98 Å². The summed E-state index contributed by atoms with van der Waals surface area (Å²) >= 11 is 0. The molecule has 0 bridgehead atoms. The van der Waals surface area contributed by atoms with Crippen LogP contribution in [0.15, 0.2) is 24.5 Å². The summed E-state index contributed by atoms with van der Waals surface area (Å²) in [7, 11) is 1.38. The molecule has 0 spiro atoms. The van der Waals surface area contributed by atoms with Crippen LogP contribution in [0.5, 0.6) is 0 Å². The van der Waals surface area contributed by atoms with Gasteiger partial charge in [-0.15, -0.1) is 24.5 Å². The van der Waals surface area contributed by atoms with Gasteiger partial charge in [-0.05, 0) is 0 Å². The average Bonchev–Trinajstić information content (AvgIpc) is 1.81. The van der Waals surface area contributed by atoms with Crippen LogP contribution in [-0.4, -0.2) is 20.7 Å². The second kappa shape index (κ2) is 6.28. The zero-order valence-electron chi connectivity index (χ0n) is 4.84. The number of rotatable bonds is 4. The van der Waals surface area contributed by atoms with Crippen LogP contribution >= 0.6 is 0 Å². The van der Waals surface area contributed by atoms with E-state index in [4.69, 9.17) is 0 Å².